The van der Waals surface area contributed by atoms with Gasteiger partial charge in [0.1, 0.15) is 0 Å². The highest BCUT2D eigenvalue weighted by molar-refractivity contribution is 6.34. The van der Waals surface area contributed by atoms with Crippen LogP contribution in [-0.4, -0.2) is 12.5 Å². The number of carbonyl (C=O) groups excluding carboxylic acids is 1. The number of hydrogen-bond donors (Lipinski definition) is 1. The average Bonchev–Trinajstić information content (AvgIpc) is 2.12. The third-order valence-electron chi connectivity index (χ3n) is 1.47. The van der Waals surface area contributed by atoms with Crippen molar-refractivity contribution in [3.05, 3.63) is 28.2 Å². The Bertz CT molecular complexity index is 342. The van der Waals surface area contributed by atoms with Crippen LogP contribution >= 0.6 is 23.2 Å². The highest BCUT2D eigenvalue weighted by Gasteiger charge is 2.07. The van der Waals surface area contributed by atoms with Crippen LogP contribution in [0.3, 0.4) is 0 Å². The van der Waals surface area contributed by atoms with Crippen LogP contribution in [0.15, 0.2) is 18.2 Å². The van der Waals surface area contributed by atoms with Gasteiger partial charge in [0.05, 0.1) is 11.4 Å². The summed E-state index contributed by atoms with van der Waals surface area (Å²) in [6, 6.07) is 4.66. The largest absolute Gasteiger partial charge is 0.425 e. The van der Waals surface area contributed by atoms with E-state index in [-0.39, 0.29) is 18.7 Å². The number of halogens is 2. The molecule has 5 heteroatoms. The van der Waals surface area contributed by atoms with Crippen LogP contribution in [0.5, 0.6) is 5.75 Å². The molecule has 0 aliphatic rings. The molecule has 0 aliphatic carbocycles. The van der Waals surface area contributed by atoms with Crippen molar-refractivity contribution in [1.82, 2.24) is 0 Å². The molecule has 0 saturated carbocycles. The summed E-state index contributed by atoms with van der Waals surface area (Å²) in [6.45, 7) is 0.247. The third kappa shape index (κ3) is 3.18. The molecule has 0 heterocycles. The predicted octanol–water partition coefficient (Wildman–Crippen LogP) is 2.25. The van der Waals surface area contributed by atoms with Crippen LogP contribution in [0.1, 0.15) is 6.42 Å². The fourth-order valence-electron chi connectivity index (χ4n) is 0.847. The first-order chi connectivity index (χ1) is 6.63. The molecule has 0 aliphatic heterocycles. The second-order valence-electron chi connectivity index (χ2n) is 2.59. The number of esters is 1. The molecule has 76 valence electrons. The fourth-order valence-corrected chi connectivity index (χ4v) is 1.17. The Kier molecular flexibility index (Phi) is 4.20. The van der Waals surface area contributed by atoms with Gasteiger partial charge < -0.3 is 10.5 Å². The highest BCUT2D eigenvalue weighted by atomic mass is 35.5. The van der Waals surface area contributed by atoms with E-state index in [0.29, 0.717) is 10.0 Å². The lowest BCUT2D eigenvalue weighted by molar-refractivity contribution is -0.134. The Morgan fingerprint density at radius 2 is 2.14 bits per heavy atom. The molecule has 1 aromatic carbocycles. The molecule has 0 unspecified atom stereocenters. The van der Waals surface area contributed by atoms with Crippen LogP contribution in [0.4, 0.5) is 0 Å². The maximum Gasteiger partial charge on any atom is 0.312 e. The number of ether oxygens (including phenoxy) is 1. The van der Waals surface area contributed by atoms with Gasteiger partial charge in [-0.1, -0.05) is 23.2 Å². The van der Waals surface area contributed by atoms with E-state index in [0.717, 1.165) is 0 Å². The molecule has 3 nitrogen and oxygen atoms in total. The lowest BCUT2D eigenvalue weighted by Gasteiger charge is -2.05. The molecular weight excluding hydrogens is 225 g/mol. The maximum atomic E-state index is 11.1. The van der Waals surface area contributed by atoms with Crippen LogP contribution in [0.2, 0.25) is 10.0 Å². The van der Waals surface area contributed by atoms with Crippen LogP contribution in [0, 0.1) is 0 Å². The Morgan fingerprint density at radius 3 is 2.79 bits per heavy atom. The number of rotatable bonds is 3. The van der Waals surface area contributed by atoms with Crippen molar-refractivity contribution >= 4 is 29.2 Å². The van der Waals surface area contributed by atoms with E-state index in [1.165, 1.54) is 6.07 Å². The molecule has 0 fully saturated rings. The van der Waals surface area contributed by atoms with E-state index in [4.69, 9.17) is 33.7 Å². The van der Waals surface area contributed by atoms with Crippen molar-refractivity contribution < 1.29 is 9.53 Å². The summed E-state index contributed by atoms with van der Waals surface area (Å²) in [5.74, 6) is -0.158. The molecular formula is C9H9Cl2NO2. The summed E-state index contributed by atoms with van der Waals surface area (Å²) in [4.78, 5) is 11.1. The SMILES string of the molecule is NCCC(=O)Oc1cc(Cl)ccc1Cl. The molecule has 1 rings (SSSR count). The second kappa shape index (κ2) is 5.20. The van der Waals surface area contributed by atoms with Gasteiger partial charge in [0.2, 0.25) is 0 Å². The Morgan fingerprint density at radius 1 is 1.43 bits per heavy atom. The van der Waals surface area contributed by atoms with E-state index in [2.05, 4.69) is 0 Å². The molecule has 0 saturated heterocycles. The zero-order valence-electron chi connectivity index (χ0n) is 7.30. The standard InChI is InChI=1S/C9H9Cl2NO2/c10-6-1-2-7(11)8(5-6)14-9(13)3-4-12/h1-2,5H,3-4,12H2. The van der Waals surface area contributed by atoms with Crippen LogP contribution in [-0.2, 0) is 4.79 Å². The van der Waals surface area contributed by atoms with Gasteiger partial charge in [0, 0.05) is 17.6 Å². The normalized spacial score (nSPS) is 9.93. The molecule has 14 heavy (non-hydrogen) atoms. The number of hydrogen-bond acceptors (Lipinski definition) is 3. The molecule has 0 bridgehead atoms. The van der Waals surface area contributed by atoms with Crippen LogP contribution in [0.25, 0.3) is 0 Å². The summed E-state index contributed by atoms with van der Waals surface area (Å²) in [5, 5.41) is 0.810. The van der Waals surface area contributed by atoms with Crippen LogP contribution < -0.4 is 10.5 Å². The van der Waals surface area contributed by atoms with Gasteiger partial charge in [-0.05, 0) is 12.1 Å². The van der Waals surface area contributed by atoms with Gasteiger partial charge in [0.25, 0.3) is 0 Å². The van der Waals surface area contributed by atoms with Crippen molar-refractivity contribution in [1.29, 1.82) is 0 Å². The second-order valence-corrected chi connectivity index (χ2v) is 3.43. The minimum atomic E-state index is -0.420. The molecule has 2 N–H and O–H groups in total. The fraction of sp³-hybridized carbons (Fsp3) is 0.222. The van der Waals surface area contributed by atoms with Crippen molar-refractivity contribution in [3.8, 4) is 5.75 Å². The van der Waals surface area contributed by atoms with Gasteiger partial charge in [0.15, 0.2) is 5.75 Å². The van der Waals surface area contributed by atoms with Crippen molar-refractivity contribution in [3.63, 3.8) is 0 Å². The topological polar surface area (TPSA) is 52.3 Å². The number of nitrogens with two attached hydrogens (primary N) is 1. The van der Waals surface area contributed by atoms with E-state index in [1.807, 2.05) is 0 Å². The monoisotopic (exact) mass is 233 g/mol. The van der Waals surface area contributed by atoms with Crippen molar-refractivity contribution in [2.45, 2.75) is 6.42 Å². The van der Waals surface area contributed by atoms with E-state index in [1.54, 1.807) is 12.1 Å². The number of benzene rings is 1. The first-order valence-electron chi connectivity index (χ1n) is 3.99. The molecule has 1 aromatic rings. The third-order valence-corrected chi connectivity index (χ3v) is 2.01. The summed E-state index contributed by atoms with van der Waals surface area (Å²) >= 11 is 11.5. The van der Waals surface area contributed by atoms with Gasteiger partial charge in [-0.3, -0.25) is 4.79 Å². The van der Waals surface area contributed by atoms with Crippen molar-refractivity contribution in [2.75, 3.05) is 6.54 Å². The molecule has 0 atom stereocenters. The smallest absolute Gasteiger partial charge is 0.312 e. The van der Waals surface area contributed by atoms with Gasteiger partial charge >= 0.3 is 5.97 Å². The van der Waals surface area contributed by atoms with Gasteiger partial charge in [-0.15, -0.1) is 0 Å². The molecule has 0 aromatic heterocycles. The average molecular weight is 234 g/mol. The maximum absolute atomic E-state index is 11.1. The lowest BCUT2D eigenvalue weighted by Crippen LogP contribution is -2.13. The summed E-state index contributed by atoms with van der Waals surface area (Å²) in [7, 11) is 0. The van der Waals surface area contributed by atoms with E-state index < -0.39 is 5.97 Å². The minimum Gasteiger partial charge on any atom is -0.425 e. The Balaban J connectivity index is 2.75. The predicted molar refractivity (Wildman–Crippen MR) is 55.8 cm³/mol. The lowest BCUT2D eigenvalue weighted by atomic mass is 10.3. The van der Waals surface area contributed by atoms with Crippen molar-refractivity contribution in [2.24, 2.45) is 5.73 Å². The zero-order chi connectivity index (χ0) is 10.6. The summed E-state index contributed by atoms with van der Waals surface area (Å²) in [6.07, 6.45) is 0.156. The Hall–Kier alpha value is -0.770. The molecule has 0 spiro atoms. The summed E-state index contributed by atoms with van der Waals surface area (Å²) in [5.41, 5.74) is 5.19. The molecule has 0 amide bonds. The highest BCUT2D eigenvalue weighted by Crippen LogP contribution is 2.27. The molecule has 0 radical (unpaired) electrons. The summed E-state index contributed by atoms with van der Waals surface area (Å²) < 4.78 is 4.93. The minimum absolute atomic E-state index is 0.156. The quantitative estimate of drug-likeness (QED) is 0.644. The Labute approximate surface area is 91.7 Å². The first-order valence-corrected chi connectivity index (χ1v) is 4.75. The first kappa shape index (κ1) is 11.3. The van der Waals surface area contributed by atoms with Gasteiger partial charge in [-0.2, -0.15) is 0 Å². The van der Waals surface area contributed by atoms with E-state index in [9.17, 15) is 4.79 Å². The zero-order valence-corrected chi connectivity index (χ0v) is 8.81. The van der Waals surface area contributed by atoms with E-state index >= 15 is 0 Å². The van der Waals surface area contributed by atoms with Gasteiger partial charge in [-0.25, -0.2) is 0 Å². The number of carbonyl (C=O) groups is 1.